The number of aliphatic hydroxyl groups is 1. The quantitative estimate of drug-likeness (QED) is 0.649. The average Bonchev–Trinajstić information content (AvgIpc) is 2.44. The molecule has 2 rings (SSSR count). The van der Waals surface area contributed by atoms with Crippen molar-refractivity contribution >= 4 is 16.0 Å². The molecule has 0 fully saturated rings. The summed E-state index contributed by atoms with van der Waals surface area (Å²) in [5, 5.41) is 17.5. The lowest BCUT2D eigenvalue weighted by atomic mass is 10.3. The molecule has 0 unspecified atom stereocenters. The number of benzene rings is 1. The van der Waals surface area contributed by atoms with Gasteiger partial charge in [0.15, 0.2) is 17.6 Å². The number of aliphatic hydroxyl groups excluding tert-OH is 1. The molecular formula is C11H13NO7S. The van der Waals surface area contributed by atoms with Crippen LogP contribution in [0.1, 0.15) is 0 Å². The van der Waals surface area contributed by atoms with Gasteiger partial charge in [-0.25, -0.2) is 17.9 Å². The Morgan fingerprint density at radius 3 is 2.60 bits per heavy atom. The molecular weight excluding hydrogens is 290 g/mol. The fraction of sp³-hybridized carbons (Fsp3) is 0.364. The molecule has 0 spiro atoms. The van der Waals surface area contributed by atoms with Crippen molar-refractivity contribution in [3.63, 3.8) is 0 Å². The highest BCUT2D eigenvalue weighted by Gasteiger charge is 2.22. The van der Waals surface area contributed by atoms with E-state index in [1.54, 1.807) is 0 Å². The van der Waals surface area contributed by atoms with Crippen LogP contribution in [-0.2, 0) is 14.8 Å². The number of sulfonamides is 1. The topological polar surface area (TPSA) is 122 Å². The monoisotopic (exact) mass is 303 g/mol. The van der Waals surface area contributed by atoms with Gasteiger partial charge in [0.1, 0.15) is 13.2 Å². The molecule has 0 aromatic heterocycles. The number of carbonyl (C=O) groups is 1. The molecule has 1 atom stereocenters. The van der Waals surface area contributed by atoms with Crippen molar-refractivity contribution in [1.29, 1.82) is 0 Å². The summed E-state index contributed by atoms with van der Waals surface area (Å²) in [6.07, 6.45) is -1.80. The van der Waals surface area contributed by atoms with E-state index in [1.807, 2.05) is 4.72 Å². The van der Waals surface area contributed by atoms with Crippen molar-refractivity contribution in [2.24, 2.45) is 0 Å². The molecule has 0 saturated carbocycles. The minimum Gasteiger partial charge on any atom is -0.486 e. The summed E-state index contributed by atoms with van der Waals surface area (Å²) in [5.74, 6) is -0.756. The molecule has 1 heterocycles. The van der Waals surface area contributed by atoms with Crippen LogP contribution in [0.15, 0.2) is 23.1 Å². The molecule has 0 saturated heterocycles. The second-order valence-electron chi connectivity index (χ2n) is 4.01. The second kappa shape index (κ2) is 5.65. The Labute approximate surface area is 115 Å². The Morgan fingerprint density at radius 2 is 1.95 bits per heavy atom. The number of hydrogen-bond donors (Lipinski definition) is 3. The first-order chi connectivity index (χ1) is 9.40. The lowest BCUT2D eigenvalue weighted by Gasteiger charge is -2.19. The first-order valence-electron chi connectivity index (χ1n) is 5.70. The number of ether oxygens (including phenoxy) is 2. The van der Waals surface area contributed by atoms with Crippen molar-refractivity contribution < 1.29 is 32.9 Å². The highest BCUT2D eigenvalue weighted by molar-refractivity contribution is 7.89. The highest BCUT2D eigenvalue weighted by Crippen LogP contribution is 2.32. The Morgan fingerprint density at radius 1 is 1.30 bits per heavy atom. The summed E-state index contributed by atoms with van der Waals surface area (Å²) in [5.41, 5.74) is 0. The predicted molar refractivity (Wildman–Crippen MR) is 66.3 cm³/mol. The second-order valence-corrected chi connectivity index (χ2v) is 5.78. The van der Waals surface area contributed by atoms with E-state index in [0.29, 0.717) is 24.7 Å². The van der Waals surface area contributed by atoms with Gasteiger partial charge in [-0.3, -0.25) is 0 Å². The predicted octanol–water partition coefficient (Wildman–Crippen LogP) is -0.818. The van der Waals surface area contributed by atoms with Crippen LogP contribution in [0.25, 0.3) is 0 Å². The molecule has 3 N–H and O–H groups in total. The fourth-order valence-electron chi connectivity index (χ4n) is 1.55. The zero-order valence-corrected chi connectivity index (χ0v) is 11.1. The van der Waals surface area contributed by atoms with Gasteiger partial charge in [-0.05, 0) is 12.1 Å². The third-order valence-corrected chi connectivity index (χ3v) is 4.00. The highest BCUT2D eigenvalue weighted by atomic mass is 32.2. The van der Waals surface area contributed by atoms with E-state index in [-0.39, 0.29) is 4.90 Å². The molecule has 0 bridgehead atoms. The van der Waals surface area contributed by atoms with Gasteiger partial charge >= 0.3 is 5.97 Å². The van der Waals surface area contributed by atoms with Gasteiger partial charge in [0.05, 0.1) is 4.90 Å². The molecule has 1 aliphatic rings. The van der Waals surface area contributed by atoms with Crippen molar-refractivity contribution in [1.82, 2.24) is 4.72 Å². The Balaban J connectivity index is 2.15. The molecule has 1 aromatic carbocycles. The number of aliphatic carboxylic acids is 1. The molecule has 0 radical (unpaired) electrons. The maximum absolute atomic E-state index is 11.9. The molecule has 9 heteroatoms. The first-order valence-corrected chi connectivity index (χ1v) is 7.18. The summed E-state index contributed by atoms with van der Waals surface area (Å²) >= 11 is 0. The smallest absolute Gasteiger partial charge is 0.333 e. The van der Waals surface area contributed by atoms with Gasteiger partial charge < -0.3 is 19.7 Å². The number of hydrogen-bond acceptors (Lipinski definition) is 6. The molecule has 8 nitrogen and oxygen atoms in total. The molecule has 0 amide bonds. The van der Waals surface area contributed by atoms with E-state index < -0.39 is 28.6 Å². The van der Waals surface area contributed by atoms with Gasteiger partial charge in [0, 0.05) is 12.6 Å². The average molecular weight is 303 g/mol. The van der Waals surface area contributed by atoms with Crippen molar-refractivity contribution in [3.05, 3.63) is 18.2 Å². The van der Waals surface area contributed by atoms with Gasteiger partial charge in [-0.2, -0.15) is 0 Å². The van der Waals surface area contributed by atoms with Crippen molar-refractivity contribution in [3.8, 4) is 11.5 Å². The number of carboxylic acid groups (broad SMARTS) is 1. The Hall–Kier alpha value is -1.84. The fourth-order valence-corrected chi connectivity index (χ4v) is 2.60. The van der Waals surface area contributed by atoms with Crippen LogP contribution < -0.4 is 14.2 Å². The minimum atomic E-state index is -3.93. The van der Waals surface area contributed by atoms with E-state index in [1.165, 1.54) is 18.2 Å². The third kappa shape index (κ3) is 3.18. The molecule has 110 valence electrons. The van der Waals surface area contributed by atoms with E-state index in [0.717, 1.165) is 0 Å². The summed E-state index contributed by atoms with van der Waals surface area (Å²) in [7, 11) is -3.93. The van der Waals surface area contributed by atoms with Crippen LogP contribution in [0.2, 0.25) is 0 Å². The summed E-state index contributed by atoms with van der Waals surface area (Å²) in [6.45, 7) is 0.0932. The van der Waals surface area contributed by atoms with Gasteiger partial charge in [-0.15, -0.1) is 0 Å². The van der Waals surface area contributed by atoms with Crippen molar-refractivity contribution in [2.75, 3.05) is 19.8 Å². The van der Waals surface area contributed by atoms with E-state index in [4.69, 9.17) is 19.7 Å². The standard InChI is InChI=1S/C11H13NO7S/c13-8(11(14)15)6-12-20(16,17)7-1-2-9-10(5-7)19-4-3-18-9/h1-2,5,8,12-13H,3-4,6H2,(H,14,15)/t8-/m0/s1. The minimum absolute atomic E-state index is 0.0978. The number of carboxylic acids is 1. The SMILES string of the molecule is O=C(O)[C@@H](O)CNS(=O)(=O)c1ccc2c(c1)OCCO2. The molecule has 1 aromatic rings. The third-order valence-electron chi connectivity index (χ3n) is 2.58. The van der Waals surface area contributed by atoms with Crippen LogP contribution in [0.3, 0.4) is 0 Å². The molecule has 1 aliphatic heterocycles. The maximum atomic E-state index is 11.9. The van der Waals surface area contributed by atoms with E-state index in [9.17, 15) is 13.2 Å². The zero-order valence-electron chi connectivity index (χ0n) is 10.3. The van der Waals surface area contributed by atoms with E-state index in [2.05, 4.69) is 0 Å². The Bertz CT molecular complexity index is 613. The van der Waals surface area contributed by atoms with Crippen molar-refractivity contribution in [2.45, 2.75) is 11.0 Å². The normalized spacial score (nSPS) is 15.7. The Kier molecular flexibility index (Phi) is 4.12. The zero-order chi connectivity index (χ0) is 14.8. The first kappa shape index (κ1) is 14.6. The number of fused-ring (bicyclic) bond motifs is 1. The number of nitrogens with one attached hydrogen (secondary N) is 1. The van der Waals surface area contributed by atoms with Crippen LogP contribution >= 0.6 is 0 Å². The summed E-state index contributed by atoms with van der Waals surface area (Å²) < 4.78 is 36.4. The van der Waals surface area contributed by atoms with E-state index >= 15 is 0 Å². The summed E-state index contributed by atoms with van der Waals surface area (Å²) in [4.78, 5) is 10.3. The van der Waals surface area contributed by atoms with Crippen LogP contribution in [0.5, 0.6) is 11.5 Å². The molecule has 20 heavy (non-hydrogen) atoms. The molecule has 0 aliphatic carbocycles. The lowest BCUT2D eigenvalue weighted by molar-refractivity contribution is -0.146. The van der Waals surface area contributed by atoms with Crippen LogP contribution in [-0.4, -0.2) is 50.5 Å². The van der Waals surface area contributed by atoms with Gasteiger partial charge in [0.25, 0.3) is 0 Å². The lowest BCUT2D eigenvalue weighted by Crippen LogP contribution is -2.36. The van der Waals surface area contributed by atoms with Gasteiger partial charge in [-0.1, -0.05) is 0 Å². The number of rotatable bonds is 5. The van der Waals surface area contributed by atoms with Crippen LogP contribution in [0.4, 0.5) is 0 Å². The summed E-state index contributed by atoms with van der Waals surface area (Å²) in [6, 6.07) is 4.05. The van der Waals surface area contributed by atoms with Crippen LogP contribution in [0, 0.1) is 0 Å². The maximum Gasteiger partial charge on any atom is 0.333 e. The van der Waals surface area contributed by atoms with Gasteiger partial charge in [0.2, 0.25) is 10.0 Å². The largest absolute Gasteiger partial charge is 0.486 e.